The predicted octanol–water partition coefficient (Wildman–Crippen LogP) is 3.43. The Labute approximate surface area is 102 Å². The molecule has 1 aliphatic carbocycles. The van der Waals surface area contributed by atoms with E-state index in [0.29, 0.717) is 13.0 Å². The van der Waals surface area contributed by atoms with Crippen LogP contribution in [0.25, 0.3) is 6.08 Å². The fraction of sp³-hybridized carbons (Fsp3) is 0.400. The minimum Gasteiger partial charge on any atom is -0.461 e. The molecular formula is C15H18O2. The van der Waals surface area contributed by atoms with E-state index in [1.54, 1.807) is 0 Å². The summed E-state index contributed by atoms with van der Waals surface area (Å²) in [6.07, 6.45) is 8.01. The molecule has 0 radical (unpaired) electrons. The molecule has 1 fully saturated rings. The zero-order chi connectivity index (χ0) is 11.9. The Morgan fingerprint density at radius 2 is 2.06 bits per heavy atom. The lowest BCUT2D eigenvalue weighted by Crippen LogP contribution is -2.04. The predicted molar refractivity (Wildman–Crippen MR) is 68.4 cm³/mol. The fourth-order valence-corrected chi connectivity index (χ4v) is 1.69. The van der Waals surface area contributed by atoms with E-state index in [2.05, 4.69) is 0 Å². The third kappa shape index (κ3) is 4.85. The van der Waals surface area contributed by atoms with E-state index in [-0.39, 0.29) is 5.97 Å². The third-order valence-electron chi connectivity index (χ3n) is 2.90. The van der Waals surface area contributed by atoms with E-state index < -0.39 is 0 Å². The highest BCUT2D eigenvalue weighted by atomic mass is 16.5. The first-order valence-corrected chi connectivity index (χ1v) is 6.22. The molecule has 0 atom stereocenters. The molecule has 90 valence electrons. The van der Waals surface area contributed by atoms with Crippen molar-refractivity contribution in [3.05, 3.63) is 42.0 Å². The maximum absolute atomic E-state index is 11.3. The minimum atomic E-state index is -0.0744. The van der Waals surface area contributed by atoms with E-state index >= 15 is 0 Å². The lowest BCUT2D eigenvalue weighted by atomic mass is 10.2. The Hall–Kier alpha value is -1.57. The van der Waals surface area contributed by atoms with Crippen molar-refractivity contribution in [3.8, 4) is 0 Å². The van der Waals surface area contributed by atoms with Crippen LogP contribution in [-0.4, -0.2) is 12.6 Å². The van der Waals surface area contributed by atoms with Crippen LogP contribution < -0.4 is 0 Å². The molecule has 2 nitrogen and oxygen atoms in total. The van der Waals surface area contributed by atoms with Gasteiger partial charge >= 0.3 is 5.97 Å². The van der Waals surface area contributed by atoms with Crippen LogP contribution in [0.3, 0.4) is 0 Å². The number of carbonyl (C=O) groups is 1. The van der Waals surface area contributed by atoms with Crippen LogP contribution in [0.4, 0.5) is 0 Å². The van der Waals surface area contributed by atoms with E-state index in [9.17, 15) is 4.79 Å². The maximum Gasteiger partial charge on any atom is 0.306 e. The van der Waals surface area contributed by atoms with Crippen LogP contribution in [-0.2, 0) is 9.53 Å². The molecule has 0 unspecified atom stereocenters. The molecule has 1 saturated carbocycles. The summed E-state index contributed by atoms with van der Waals surface area (Å²) in [5, 5.41) is 0. The van der Waals surface area contributed by atoms with Crippen molar-refractivity contribution >= 4 is 12.0 Å². The van der Waals surface area contributed by atoms with Crippen LogP contribution in [0.2, 0.25) is 0 Å². The van der Waals surface area contributed by atoms with Crippen molar-refractivity contribution in [1.82, 2.24) is 0 Å². The first kappa shape index (κ1) is 11.9. The molecule has 17 heavy (non-hydrogen) atoms. The number of hydrogen-bond donors (Lipinski definition) is 0. The molecule has 2 heteroatoms. The number of rotatable bonds is 6. The van der Waals surface area contributed by atoms with Crippen LogP contribution in [0, 0.1) is 5.92 Å². The standard InChI is InChI=1S/C15H18O2/c16-15(11-10-14-8-9-14)17-12-4-7-13-5-2-1-3-6-13/h1-7,14H,8-12H2. The molecule has 0 saturated heterocycles. The second-order valence-corrected chi connectivity index (χ2v) is 4.48. The van der Waals surface area contributed by atoms with E-state index in [1.165, 1.54) is 12.8 Å². The number of hydrogen-bond acceptors (Lipinski definition) is 2. The van der Waals surface area contributed by atoms with Crippen molar-refractivity contribution in [3.63, 3.8) is 0 Å². The molecule has 0 aliphatic heterocycles. The molecule has 1 aliphatic rings. The average Bonchev–Trinajstić information content (AvgIpc) is 3.17. The summed E-state index contributed by atoms with van der Waals surface area (Å²) >= 11 is 0. The second kappa shape index (κ2) is 6.24. The van der Waals surface area contributed by atoms with Crippen LogP contribution in [0.15, 0.2) is 36.4 Å². The van der Waals surface area contributed by atoms with E-state index in [0.717, 1.165) is 17.9 Å². The molecule has 2 rings (SSSR count). The lowest BCUT2D eigenvalue weighted by molar-refractivity contribution is -0.142. The van der Waals surface area contributed by atoms with Gasteiger partial charge in [-0.2, -0.15) is 0 Å². The van der Waals surface area contributed by atoms with Gasteiger partial charge in [0.1, 0.15) is 6.61 Å². The highest BCUT2D eigenvalue weighted by Gasteiger charge is 2.21. The first-order chi connectivity index (χ1) is 8.34. The molecule has 0 spiro atoms. The van der Waals surface area contributed by atoms with E-state index in [4.69, 9.17) is 4.74 Å². The van der Waals surface area contributed by atoms with Crippen molar-refractivity contribution < 1.29 is 9.53 Å². The molecule has 0 bridgehead atoms. The monoisotopic (exact) mass is 230 g/mol. The summed E-state index contributed by atoms with van der Waals surface area (Å²) in [6.45, 7) is 0.373. The van der Waals surface area contributed by atoms with Crippen molar-refractivity contribution in [1.29, 1.82) is 0 Å². The third-order valence-corrected chi connectivity index (χ3v) is 2.90. The van der Waals surface area contributed by atoms with Gasteiger partial charge in [0.2, 0.25) is 0 Å². The molecular weight excluding hydrogens is 212 g/mol. The normalized spacial score (nSPS) is 15.1. The summed E-state index contributed by atoms with van der Waals surface area (Å²) < 4.78 is 5.12. The Morgan fingerprint density at radius 1 is 1.29 bits per heavy atom. The first-order valence-electron chi connectivity index (χ1n) is 6.22. The minimum absolute atomic E-state index is 0.0744. The molecule has 0 aromatic heterocycles. The smallest absolute Gasteiger partial charge is 0.306 e. The largest absolute Gasteiger partial charge is 0.461 e. The molecule has 0 amide bonds. The zero-order valence-electron chi connectivity index (χ0n) is 9.97. The number of esters is 1. The zero-order valence-corrected chi connectivity index (χ0v) is 9.97. The van der Waals surface area contributed by atoms with Gasteiger partial charge in [-0.3, -0.25) is 4.79 Å². The Morgan fingerprint density at radius 3 is 2.76 bits per heavy atom. The van der Waals surface area contributed by atoms with Crippen molar-refractivity contribution in [2.24, 2.45) is 5.92 Å². The van der Waals surface area contributed by atoms with Crippen molar-refractivity contribution in [2.75, 3.05) is 6.61 Å². The molecule has 1 aromatic rings. The quantitative estimate of drug-likeness (QED) is 0.700. The summed E-state index contributed by atoms with van der Waals surface area (Å²) in [5.74, 6) is 0.719. The van der Waals surface area contributed by atoms with Gasteiger partial charge in [0.15, 0.2) is 0 Å². The SMILES string of the molecule is O=C(CCC1CC1)OCC=Cc1ccccc1. The number of ether oxygens (including phenoxy) is 1. The van der Waals surface area contributed by atoms with Gasteiger partial charge in [0.25, 0.3) is 0 Å². The number of carbonyl (C=O) groups excluding carboxylic acids is 1. The Bertz CT molecular complexity index is 377. The van der Waals surface area contributed by atoms with Gasteiger partial charge in [-0.25, -0.2) is 0 Å². The van der Waals surface area contributed by atoms with Gasteiger partial charge in [-0.15, -0.1) is 0 Å². The highest BCUT2D eigenvalue weighted by molar-refractivity contribution is 5.69. The van der Waals surface area contributed by atoms with Crippen LogP contribution in [0.5, 0.6) is 0 Å². The van der Waals surface area contributed by atoms with E-state index in [1.807, 2.05) is 42.5 Å². The lowest BCUT2D eigenvalue weighted by Gasteiger charge is -2.00. The summed E-state index contributed by atoms with van der Waals surface area (Å²) in [6, 6.07) is 9.99. The summed E-state index contributed by atoms with van der Waals surface area (Å²) in [7, 11) is 0. The van der Waals surface area contributed by atoms with Gasteiger partial charge in [0.05, 0.1) is 0 Å². The van der Waals surface area contributed by atoms with Crippen LogP contribution in [0.1, 0.15) is 31.2 Å². The Kier molecular flexibility index (Phi) is 4.37. The molecule has 0 heterocycles. The van der Waals surface area contributed by atoms with Gasteiger partial charge in [0, 0.05) is 6.42 Å². The maximum atomic E-state index is 11.3. The average molecular weight is 230 g/mol. The molecule has 0 N–H and O–H groups in total. The highest BCUT2D eigenvalue weighted by Crippen LogP contribution is 2.33. The number of benzene rings is 1. The fourth-order valence-electron chi connectivity index (χ4n) is 1.69. The second-order valence-electron chi connectivity index (χ2n) is 4.48. The summed E-state index contributed by atoms with van der Waals surface area (Å²) in [4.78, 5) is 11.3. The van der Waals surface area contributed by atoms with Gasteiger partial charge in [-0.05, 0) is 24.0 Å². The summed E-state index contributed by atoms with van der Waals surface area (Å²) in [5.41, 5.74) is 1.13. The van der Waals surface area contributed by atoms with Crippen molar-refractivity contribution in [2.45, 2.75) is 25.7 Å². The topological polar surface area (TPSA) is 26.3 Å². The van der Waals surface area contributed by atoms with Crippen LogP contribution >= 0.6 is 0 Å². The van der Waals surface area contributed by atoms with Gasteiger partial charge < -0.3 is 4.74 Å². The van der Waals surface area contributed by atoms with Gasteiger partial charge in [-0.1, -0.05) is 49.2 Å². The Balaban J connectivity index is 1.61. The molecule has 1 aromatic carbocycles.